The Balaban J connectivity index is 5.03. The molecule has 0 amide bonds. The largest absolute Gasteiger partial charge is 0.461 e. The molecule has 17 heavy (non-hydrogen) atoms. The van der Waals surface area contributed by atoms with Crippen LogP contribution in [0.4, 0.5) is 4.39 Å². The van der Waals surface area contributed by atoms with Gasteiger partial charge < -0.3 is 14.4 Å². The number of esters is 1. The van der Waals surface area contributed by atoms with Crippen LogP contribution in [0.3, 0.4) is 0 Å². The van der Waals surface area contributed by atoms with Crippen molar-refractivity contribution in [3.63, 3.8) is 0 Å². The Morgan fingerprint density at radius 1 is 1.29 bits per heavy atom. The van der Waals surface area contributed by atoms with E-state index in [1.165, 1.54) is 20.8 Å². The number of carbonyl (C=O) groups is 1. The second kappa shape index (κ2) is 7.03. The van der Waals surface area contributed by atoms with Gasteiger partial charge in [0.2, 0.25) is 0 Å². The highest BCUT2D eigenvalue weighted by Gasteiger charge is 2.61. The van der Waals surface area contributed by atoms with Crippen LogP contribution in [-0.4, -0.2) is 36.3 Å². The van der Waals surface area contributed by atoms with Crippen molar-refractivity contribution in [1.82, 2.24) is 0 Å². The molecule has 0 fully saturated rings. The van der Waals surface area contributed by atoms with Crippen LogP contribution in [-0.2, 0) is 28.4 Å². The summed E-state index contributed by atoms with van der Waals surface area (Å²) in [6, 6.07) is 0. The quantitative estimate of drug-likeness (QED) is 0.309. The molecule has 7 nitrogen and oxygen atoms in total. The zero-order chi connectivity index (χ0) is 13.5. The number of rotatable bonds is 8. The van der Waals surface area contributed by atoms with E-state index < -0.39 is 19.2 Å². The predicted octanol–water partition coefficient (Wildman–Crippen LogP) is 1.36. The summed E-state index contributed by atoms with van der Waals surface area (Å²) in [5, 5.41) is 0. The first-order valence-corrected chi connectivity index (χ1v) is 6.57. The third-order valence-corrected chi connectivity index (χ3v) is 2.84. The van der Waals surface area contributed by atoms with Gasteiger partial charge in [0, 0.05) is 6.61 Å². The van der Waals surface area contributed by atoms with Crippen molar-refractivity contribution >= 4 is 13.6 Å². The van der Waals surface area contributed by atoms with Crippen LogP contribution >= 0.6 is 7.60 Å². The van der Waals surface area contributed by atoms with Gasteiger partial charge in [0.25, 0.3) is 0 Å². The van der Waals surface area contributed by atoms with Crippen LogP contribution < -0.4 is 0 Å². The van der Waals surface area contributed by atoms with Crippen molar-refractivity contribution in [2.24, 2.45) is 0 Å². The van der Waals surface area contributed by atoms with Crippen molar-refractivity contribution in [3.8, 4) is 0 Å². The second-order valence-corrected chi connectivity index (χ2v) is 4.48. The molecule has 0 aromatic heterocycles. The fourth-order valence-corrected chi connectivity index (χ4v) is 1.77. The van der Waals surface area contributed by atoms with Gasteiger partial charge in [-0.2, -0.15) is 4.39 Å². The maximum Gasteiger partial charge on any atom is 0.431 e. The number of hydrogen-bond donors (Lipinski definition) is 1. The Kier molecular flexibility index (Phi) is 6.81. The molecule has 0 aliphatic rings. The number of ether oxygens (including phenoxy) is 2. The predicted molar refractivity (Wildman–Crippen MR) is 54.6 cm³/mol. The standard InChI is InChI=1S/C8H16FO7P/c1-4-13-7(10)8(9,14-5-2)17(11,12)16-15-6-3/h4-6H2,1-3H3,(H,11,12). The van der Waals surface area contributed by atoms with E-state index in [1.807, 2.05) is 0 Å². The summed E-state index contributed by atoms with van der Waals surface area (Å²) in [6.45, 7) is 3.60. The van der Waals surface area contributed by atoms with Crippen molar-refractivity contribution in [2.75, 3.05) is 19.8 Å². The van der Waals surface area contributed by atoms with E-state index in [4.69, 9.17) is 0 Å². The number of halogens is 1. The van der Waals surface area contributed by atoms with Crippen LogP contribution in [0.5, 0.6) is 0 Å². The Labute approximate surface area is 98.3 Å². The number of carbonyl (C=O) groups excluding carboxylic acids is 1. The third kappa shape index (κ3) is 4.01. The van der Waals surface area contributed by atoms with Gasteiger partial charge >= 0.3 is 19.2 Å². The minimum atomic E-state index is -5.12. The Bertz CT molecular complexity index is 298. The van der Waals surface area contributed by atoms with Gasteiger partial charge in [-0.1, -0.05) is 0 Å². The molecule has 0 aliphatic carbocycles. The molecule has 0 aromatic carbocycles. The lowest BCUT2D eigenvalue weighted by Gasteiger charge is -2.25. The van der Waals surface area contributed by atoms with E-state index in [-0.39, 0.29) is 19.8 Å². The Morgan fingerprint density at radius 3 is 2.29 bits per heavy atom. The van der Waals surface area contributed by atoms with Gasteiger partial charge in [0.1, 0.15) is 0 Å². The van der Waals surface area contributed by atoms with Gasteiger partial charge in [-0.3, -0.25) is 4.57 Å². The maximum absolute atomic E-state index is 14.1. The van der Waals surface area contributed by atoms with Crippen LogP contribution in [0.15, 0.2) is 0 Å². The lowest BCUT2D eigenvalue weighted by atomic mass is 10.6. The first-order chi connectivity index (χ1) is 7.85. The van der Waals surface area contributed by atoms with Gasteiger partial charge in [-0.25, -0.2) is 9.68 Å². The summed E-state index contributed by atoms with van der Waals surface area (Å²) < 4.78 is 38.2. The lowest BCUT2D eigenvalue weighted by molar-refractivity contribution is -0.230. The highest BCUT2D eigenvalue weighted by Crippen LogP contribution is 2.57. The average molecular weight is 274 g/mol. The molecule has 0 spiro atoms. The molecule has 0 aromatic rings. The summed E-state index contributed by atoms with van der Waals surface area (Å²) in [5.41, 5.74) is -3.59. The highest BCUT2D eigenvalue weighted by molar-refractivity contribution is 7.55. The summed E-state index contributed by atoms with van der Waals surface area (Å²) in [6.07, 6.45) is 0. The van der Waals surface area contributed by atoms with Crippen LogP contribution in [0.1, 0.15) is 20.8 Å². The highest BCUT2D eigenvalue weighted by atomic mass is 31.2. The fraction of sp³-hybridized carbons (Fsp3) is 0.875. The normalized spacial score (nSPS) is 18.2. The Morgan fingerprint density at radius 2 is 1.88 bits per heavy atom. The lowest BCUT2D eigenvalue weighted by Crippen LogP contribution is -2.39. The molecule has 0 rings (SSSR count). The van der Waals surface area contributed by atoms with Crippen molar-refractivity contribution in [2.45, 2.75) is 26.4 Å². The molecule has 0 aliphatic heterocycles. The molecule has 102 valence electrons. The molecule has 9 heteroatoms. The minimum absolute atomic E-state index is 0.102. The zero-order valence-corrected chi connectivity index (χ0v) is 10.7. The van der Waals surface area contributed by atoms with E-state index in [1.54, 1.807) is 0 Å². The second-order valence-electron chi connectivity index (χ2n) is 2.72. The topological polar surface area (TPSA) is 91.3 Å². The zero-order valence-electron chi connectivity index (χ0n) is 9.84. The molecule has 0 saturated carbocycles. The monoisotopic (exact) mass is 274 g/mol. The van der Waals surface area contributed by atoms with E-state index in [9.17, 15) is 18.6 Å². The van der Waals surface area contributed by atoms with Crippen molar-refractivity contribution < 1.29 is 37.7 Å². The third-order valence-electron chi connectivity index (χ3n) is 1.50. The van der Waals surface area contributed by atoms with Crippen LogP contribution in [0.2, 0.25) is 0 Å². The van der Waals surface area contributed by atoms with Gasteiger partial charge in [0.05, 0.1) is 13.2 Å². The van der Waals surface area contributed by atoms with E-state index in [2.05, 4.69) is 19.0 Å². The van der Waals surface area contributed by atoms with Gasteiger partial charge in [-0.05, 0) is 20.8 Å². The van der Waals surface area contributed by atoms with Crippen LogP contribution in [0, 0.1) is 0 Å². The molecule has 0 bridgehead atoms. The van der Waals surface area contributed by atoms with E-state index in [0.717, 1.165) is 0 Å². The Hall–Kier alpha value is -0.530. The van der Waals surface area contributed by atoms with Gasteiger partial charge in [0.15, 0.2) is 0 Å². The minimum Gasteiger partial charge on any atom is -0.461 e. The van der Waals surface area contributed by atoms with Gasteiger partial charge in [-0.15, -0.1) is 4.67 Å². The first kappa shape index (κ1) is 16.5. The molecule has 0 radical (unpaired) electrons. The molecule has 0 saturated heterocycles. The van der Waals surface area contributed by atoms with Crippen molar-refractivity contribution in [3.05, 3.63) is 0 Å². The van der Waals surface area contributed by atoms with Crippen LogP contribution in [0.25, 0.3) is 0 Å². The summed E-state index contributed by atoms with van der Waals surface area (Å²) in [7, 11) is -5.12. The molecule has 0 heterocycles. The molecule has 2 atom stereocenters. The van der Waals surface area contributed by atoms with E-state index >= 15 is 0 Å². The molecular formula is C8H16FO7P. The summed E-state index contributed by atoms with van der Waals surface area (Å²) in [5.74, 6) is -1.63. The first-order valence-electron chi connectivity index (χ1n) is 4.99. The van der Waals surface area contributed by atoms with E-state index in [0.29, 0.717) is 0 Å². The maximum atomic E-state index is 14.1. The summed E-state index contributed by atoms with van der Waals surface area (Å²) in [4.78, 5) is 24.8. The average Bonchev–Trinajstić information content (AvgIpc) is 2.26. The SMILES string of the molecule is CCOOP(=O)(O)C(F)(OCC)C(=O)OCC. The molecular weight excluding hydrogens is 258 g/mol. The number of alkyl halides is 1. The smallest absolute Gasteiger partial charge is 0.431 e. The number of hydrogen-bond acceptors (Lipinski definition) is 6. The molecule has 2 unspecified atom stereocenters. The summed E-state index contributed by atoms with van der Waals surface area (Å²) >= 11 is 0. The fourth-order valence-electron chi connectivity index (χ4n) is 0.839. The molecule has 1 N–H and O–H groups in total. The van der Waals surface area contributed by atoms with Crippen molar-refractivity contribution in [1.29, 1.82) is 0 Å².